The number of esters is 1. The molecule has 0 spiro atoms. The Labute approximate surface area is 179 Å². The number of hydrogen-bond acceptors (Lipinski definition) is 8. The third-order valence-corrected chi connectivity index (χ3v) is 5.10. The molecule has 4 rings (SSSR count). The van der Waals surface area contributed by atoms with Gasteiger partial charge in [-0.05, 0) is 35.9 Å². The largest absolute Gasteiger partial charge is 0.402 e. The highest BCUT2D eigenvalue weighted by Crippen LogP contribution is 2.31. The highest BCUT2D eigenvalue weighted by Gasteiger charge is 2.28. The first-order valence-corrected chi connectivity index (χ1v) is 9.84. The molecule has 1 fully saturated rings. The third kappa shape index (κ3) is 4.41. The summed E-state index contributed by atoms with van der Waals surface area (Å²) in [5, 5.41) is 11.7. The number of morpholine rings is 1. The van der Waals surface area contributed by atoms with E-state index in [0.717, 1.165) is 11.3 Å². The van der Waals surface area contributed by atoms with Gasteiger partial charge in [0.1, 0.15) is 5.69 Å². The van der Waals surface area contributed by atoms with Crippen molar-refractivity contribution in [3.05, 3.63) is 69.4 Å². The lowest BCUT2D eigenvalue weighted by molar-refractivity contribution is -0.384. The molecule has 0 radical (unpaired) electrons. The van der Waals surface area contributed by atoms with E-state index in [4.69, 9.17) is 9.47 Å². The van der Waals surface area contributed by atoms with Crippen LogP contribution in [0.2, 0.25) is 0 Å². The molecule has 9 nitrogen and oxygen atoms in total. The van der Waals surface area contributed by atoms with Gasteiger partial charge < -0.3 is 19.3 Å². The van der Waals surface area contributed by atoms with Crippen molar-refractivity contribution in [1.29, 1.82) is 0 Å². The van der Waals surface area contributed by atoms with Gasteiger partial charge in [0.25, 0.3) is 5.69 Å². The highest BCUT2D eigenvalue weighted by atomic mass is 16.6. The minimum Gasteiger partial charge on any atom is -0.402 e. The summed E-state index contributed by atoms with van der Waals surface area (Å²) >= 11 is 0. The highest BCUT2D eigenvalue weighted by molar-refractivity contribution is 6.13. The number of nitro benzene ring substituents is 1. The van der Waals surface area contributed by atoms with Gasteiger partial charge in [-0.15, -0.1) is 0 Å². The maximum atomic E-state index is 12.3. The predicted octanol–water partition coefficient (Wildman–Crippen LogP) is 2.84. The molecule has 1 saturated heterocycles. The Morgan fingerprint density at radius 1 is 1.13 bits per heavy atom. The predicted molar refractivity (Wildman–Crippen MR) is 118 cm³/mol. The van der Waals surface area contributed by atoms with Crippen LogP contribution in [0, 0.1) is 10.1 Å². The number of aliphatic imine (C=N–C) groups is 1. The summed E-state index contributed by atoms with van der Waals surface area (Å²) in [5.74, 6) is -0.538. The van der Waals surface area contributed by atoms with Crippen molar-refractivity contribution in [1.82, 2.24) is 0 Å². The van der Waals surface area contributed by atoms with Crippen LogP contribution in [0.5, 0.6) is 0 Å². The van der Waals surface area contributed by atoms with E-state index in [9.17, 15) is 14.9 Å². The molecule has 2 aliphatic rings. The van der Waals surface area contributed by atoms with E-state index in [1.165, 1.54) is 6.07 Å². The summed E-state index contributed by atoms with van der Waals surface area (Å²) in [7, 11) is 3.89. The van der Waals surface area contributed by atoms with Crippen LogP contribution in [0.1, 0.15) is 11.1 Å². The van der Waals surface area contributed by atoms with Crippen LogP contribution < -0.4 is 9.80 Å². The van der Waals surface area contributed by atoms with Gasteiger partial charge in [0.05, 0.1) is 18.1 Å². The molecule has 0 atom stereocenters. The van der Waals surface area contributed by atoms with Crippen LogP contribution >= 0.6 is 0 Å². The minimum absolute atomic E-state index is 0.0535. The number of cyclic esters (lactones) is 1. The number of carbonyl (C=O) groups excluding carboxylic acids is 1. The molecular formula is C22H22N4O5. The number of hydrogen-bond donors (Lipinski definition) is 0. The summed E-state index contributed by atoms with van der Waals surface area (Å²) < 4.78 is 10.6. The Morgan fingerprint density at radius 3 is 2.48 bits per heavy atom. The number of carbonyl (C=O) groups is 1. The average Bonchev–Trinajstić information content (AvgIpc) is 3.14. The second kappa shape index (κ2) is 8.57. The molecule has 0 saturated carbocycles. The van der Waals surface area contributed by atoms with Gasteiger partial charge >= 0.3 is 5.97 Å². The normalized spacial score (nSPS) is 17.5. The van der Waals surface area contributed by atoms with Gasteiger partial charge in [0.15, 0.2) is 5.70 Å². The second-order valence-corrected chi connectivity index (χ2v) is 7.38. The molecule has 2 aliphatic heterocycles. The lowest BCUT2D eigenvalue weighted by atomic mass is 10.1. The quantitative estimate of drug-likeness (QED) is 0.316. The molecule has 0 bridgehead atoms. The van der Waals surface area contributed by atoms with Crippen LogP contribution in [0.4, 0.5) is 17.1 Å². The van der Waals surface area contributed by atoms with E-state index < -0.39 is 10.9 Å². The smallest absolute Gasteiger partial charge is 0.363 e. The minimum atomic E-state index is -0.591. The van der Waals surface area contributed by atoms with Crippen molar-refractivity contribution in [2.45, 2.75) is 0 Å². The number of rotatable bonds is 5. The Balaban J connectivity index is 1.62. The third-order valence-electron chi connectivity index (χ3n) is 5.10. The molecule has 0 unspecified atom stereocenters. The lowest BCUT2D eigenvalue weighted by Gasteiger charge is -2.28. The molecule has 160 valence electrons. The van der Waals surface area contributed by atoms with Crippen molar-refractivity contribution in [2.75, 3.05) is 50.2 Å². The zero-order valence-corrected chi connectivity index (χ0v) is 17.3. The van der Waals surface area contributed by atoms with Crippen LogP contribution in [0.15, 0.2) is 53.2 Å². The van der Waals surface area contributed by atoms with Crippen LogP contribution in [0.25, 0.3) is 6.08 Å². The zero-order valence-electron chi connectivity index (χ0n) is 17.3. The molecule has 2 aromatic rings. The molecule has 2 heterocycles. The van der Waals surface area contributed by atoms with Crippen LogP contribution in [0.3, 0.4) is 0 Å². The van der Waals surface area contributed by atoms with Crippen LogP contribution in [-0.2, 0) is 14.3 Å². The van der Waals surface area contributed by atoms with Gasteiger partial charge in [-0.2, -0.15) is 0 Å². The van der Waals surface area contributed by atoms with Crippen molar-refractivity contribution in [2.24, 2.45) is 4.99 Å². The summed E-state index contributed by atoms with van der Waals surface area (Å²) in [6, 6.07) is 12.4. The fourth-order valence-electron chi connectivity index (χ4n) is 3.43. The Hall–Kier alpha value is -3.72. The molecule has 0 aromatic heterocycles. The first-order chi connectivity index (χ1) is 14.9. The monoisotopic (exact) mass is 422 g/mol. The number of anilines is 2. The zero-order chi connectivity index (χ0) is 22.0. The van der Waals surface area contributed by atoms with Gasteiger partial charge in [-0.25, -0.2) is 9.79 Å². The molecule has 31 heavy (non-hydrogen) atoms. The summed E-state index contributed by atoms with van der Waals surface area (Å²) in [5.41, 5.74) is 2.81. The van der Waals surface area contributed by atoms with Gasteiger partial charge in [0, 0.05) is 44.5 Å². The molecule has 9 heteroatoms. The fourth-order valence-corrected chi connectivity index (χ4v) is 3.43. The van der Waals surface area contributed by atoms with E-state index in [1.807, 2.05) is 48.2 Å². The van der Waals surface area contributed by atoms with Crippen molar-refractivity contribution >= 4 is 35.0 Å². The fraction of sp³-hybridized carbons (Fsp3) is 0.273. The van der Waals surface area contributed by atoms with Crippen LogP contribution in [-0.4, -0.2) is 57.2 Å². The first-order valence-electron chi connectivity index (χ1n) is 9.84. The average molecular weight is 422 g/mol. The van der Waals surface area contributed by atoms with E-state index in [1.54, 1.807) is 18.2 Å². The summed E-state index contributed by atoms with van der Waals surface area (Å²) in [6.07, 6.45) is 1.63. The molecule has 0 N–H and O–H groups in total. The second-order valence-electron chi connectivity index (χ2n) is 7.38. The Bertz CT molecular complexity index is 1070. The van der Waals surface area contributed by atoms with E-state index in [-0.39, 0.29) is 17.3 Å². The number of nitrogens with zero attached hydrogens (tertiary/aromatic N) is 4. The standard InChI is InChI=1S/C22H22N4O5/c1-24(2)17-6-3-15(4-7-17)13-18-22(27)31-21(23-18)16-5-8-19(20(14-16)26(28)29)25-9-11-30-12-10-25/h3-8,13-14H,9-12H2,1-2H3/b18-13-. The lowest BCUT2D eigenvalue weighted by Crippen LogP contribution is -2.36. The van der Waals surface area contributed by atoms with E-state index in [2.05, 4.69) is 4.99 Å². The van der Waals surface area contributed by atoms with Crippen molar-refractivity contribution < 1.29 is 19.2 Å². The topological polar surface area (TPSA) is 97.5 Å². The Kier molecular flexibility index (Phi) is 5.68. The first kappa shape index (κ1) is 20.5. The van der Waals surface area contributed by atoms with Crippen molar-refractivity contribution in [3.8, 4) is 0 Å². The van der Waals surface area contributed by atoms with Crippen molar-refractivity contribution in [3.63, 3.8) is 0 Å². The number of nitro groups is 1. The summed E-state index contributed by atoms with van der Waals surface area (Å²) in [4.78, 5) is 31.7. The number of ether oxygens (including phenoxy) is 2. The van der Waals surface area contributed by atoms with E-state index in [0.29, 0.717) is 37.6 Å². The van der Waals surface area contributed by atoms with Gasteiger partial charge in [-0.1, -0.05) is 12.1 Å². The van der Waals surface area contributed by atoms with Gasteiger partial charge in [-0.3, -0.25) is 10.1 Å². The maximum absolute atomic E-state index is 12.3. The Morgan fingerprint density at radius 2 is 1.84 bits per heavy atom. The SMILES string of the molecule is CN(C)c1ccc(/C=C2\N=C(c3ccc(N4CCOCC4)c([N+](=O)[O-])c3)OC2=O)cc1. The molecule has 0 aliphatic carbocycles. The summed E-state index contributed by atoms with van der Waals surface area (Å²) in [6.45, 7) is 2.20. The molecular weight excluding hydrogens is 400 g/mol. The maximum Gasteiger partial charge on any atom is 0.363 e. The van der Waals surface area contributed by atoms with E-state index >= 15 is 0 Å². The molecule has 0 amide bonds. The molecule has 2 aromatic carbocycles. The van der Waals surface area contributed by atoms with Gasteiger partial charge in [0.2, 0.25) is 5.90 Å². The number of benzene rings is 2.